The number of rotatable bonds is 7. The fourth-order valence-corrected chi connectivity index (χ4v) is 2.49. The van der Waals surface area contributed by atoms with Crippen LogP contribution in [0.15, 0.2) is 42.5 Å². The van der Waals surface area contributed by atoms with Crippen molar-refractivity contribution in [3.63, 3.8) is 0 Å². The molecule has 0 saturated carbocycles. The topological polar surface area (TPSA) is 64.6 Å². The number of carbonyl (C=O) groups is 2. The second-order valence-corrected chi connectivity index (χ2v) is 5.97. The molecule has 2 aromatic carbocycles. The summed E-state index contributed by atoms with van der Waals surface area (Å²) in [6.45, 7) is 1.46. The summed E-state index contributed by atoms with van der Waals surface area (Å²) in [5.41, 5.74) is 0.879. The molecule has 26 heavy (non-hydrogen) atoms. The van der Waals surface area contributed by atoms with Crippen molar-refractivity contribution in [2.45, 2.75) is 25.9 Å². The molecule has 0 aliphatic rings. The number of nitrogens with one attached hydrogen (secondary N) is 1. The first kappa shape index (κ1) is 19.7. The Labute approximate surface area is 156 Å². The summed E-state index contributed by atoms with van der Waals surface area (Å²) in [4.78, 5) is 24.0. The number of hydrogen-bond acceptors (Lipinski definition) is 4. The van der Waals surface area contributed by atoms with E-state index >= 15 is 0 Å². The number of ether oxygens (including phenoxy) is 2. The van der Waals surface area contributed by atoms with Crippen LogP contribution in [0.5, 0.6) is 5.75 Å². The molecule has 1 N–H and O–H groups in total. The van der Waals surface area contributed by atoms with E-state index in [-0.39, 0.29) is 18.7 Å². The average Bonchev–Trinajstić information content (AvgIpc) is 2.61. The maximum atomic E-state index is 13.5. The monoisotopic (exact) mass is 379 g/mol. The Balaban J connectivity index is 1.85. The van der Waals surface area contributed by atoms with Gasteiger partial charge in [-0.05, 0) is 43.2 Å². The van der Waals surface area contributed by atoms with Gasteiger partial charge in [-0.1, -0.05) is 29.8 Å². The molecule has 138 valence electrons. The van der Waals surface area contributed by atoms with Crippen molar-refractivity contribution >= 4 is 29.2 Å². The zero-order chi connectivity index (χ0) is 19.1. The predicted molar refractivity (Wildman–Crippen MR) is 96.9 cm³/mol. The summed E-state index contributed by atoms with van der Waals surface area (Å²) in [5, 5.41) is 2.95. The standard InChI is InChI=1S/C19H19ClFNO4/c1-12(19(24)22-14-8-9-17(25-2)15(20)11-14)26-18(23)10-7-13-5-3-4-6-16(13)21/h3-6,8-9,11-12H,7,10H2,1-2H3,(H,22,24)/t12-/m1/s1. The van der Waals surface area contributed by atoms with Gasteiger partial charge in [-0.3, -0.25) is 9.59 Å². The number of amides is 1. The van der Waals surface area contributed by atoms with Gasteiger partial charge < -0.3 is 14.8 Å². The summed E-state index contributed by atoms with van der Waals surface area (Å²) in [6, 6.07) is 11.0. The van der Waals surface area contributed by atoms with Crippen LogP contribution in [0.25, 0.3) is 0 Å². The molecule has 0 aliphatic heterocycles. The molecular weight excluding hydrogens is 361 g/mol. The third-order valence-electron chi connectivity index (χ3n) is 3.65. The number of halogens is 2. The van der Waals surface area contributed by atoms with Crippen LogP contribution in [0.3, 0.4) is 0 Å². The smallest absolute Gasteiger partial charge is 0.306 e. The number of methoxy groups -OCH3 is 1. The van der Waals surface area contributed by atoms with Crippen LogP contribution in [0.1, 0.15) is 18.9 Å². The van der Waals surface area contributed by atoms with Crippen molar-refractivity contribution in [2.75, 3.05) is 12.4 Å². The van der Waals surface area contributed by atoms with Crippen molar-refractivity contribution in [3.8, 4) is 5.75 Å². The highest BCUT2D eigenvalue weighted by Gasteiger charge is 2.18. The third-order valence-corrected chi connectivity index (χ3v) is 3.95. The van der Waals surface area contributed by atoms with Crippen LogP contribution < -0.4 is 10.1 Å². The van der Waals surface area contributed by atoms with Gasteiger partial charge in [0, 0.05) is 12.1 Å². The van der Waals surface area contributed by atoms with E-state index < -0.39 is 18.0 Å². The van der Waals surface area contributed by atoms with Gasteiger partial charge in [0.2, 0.25) is 0 Å². The highest BCUT2D eigenvalue weighted by atomic mass is 35.5. The number of benzene rings is 2. The van der Waals surface area contributed by atoms with Crippen LogP contribution in [0, 0.1) is 5.82 Å². The minimum Gasteiger partial charge on any atom is -0.495 e. The van der Waals surface area contributed by atoms with Crippen LogP contribution in [0.2, 0.25) is 5.02 Å². The van der Waals surface area contributed by atoms with E-state index in [1.165, 1.54) is 26.2 Å². The second-order valence-electron chi connectivity index (χ2n) is 5.56. The molecule has 0 unspecified atom stereocenters. The highest BCUT2D eigenvalue weighted by molar-refractivity contribution is 6.32. The lowest BCUT2D eigenvalue weighted by molar-refractivity contribution is -0.153. The fraction of sp³-hybridized carbons (Fsp3) is 0.263. The van der Waals surface area contributed by atoms with Crippen LogP contribution in [-0.2, 0) is 20.7 Å². The van der Waals surface area contributed by atoms with Crippen LogP contribution >= 0.6 is 11.6 Å². The van der Waals surface area contributed by atoms with E-state index in [2.05, 4.69) is 5.32 Å². The van der Waals surface area contributed by atoms with Gasteiger partial charge in [0.15, 0.2) is 6.10 Å². The summed E-state index contributed by atoms with van der Waals surface area (Å²) >= 11 is 6.00. The molecule has 1 atom stereocenters. The molecule has 0 spiro atoms. The van der Waals surface area contributed by atoms with Gasteiger partial charge in [-0.25, -0.2) is 4.39 Å². The first-order chi connectivity index (χ1) is 12.4. The van der Waals surface area contributed by atoms with Crippen molar-refractivity contribution < 1.29 is 23.5 Å². The lowest BCUT2D eigenvalue weighted by Gasteiger charge is -2.14. The summed E-state index contributed by atoms with van der Waals surface area (Å²) in [5.74, 6) is -0.964. The summed E-state index contributed by atoms with van der Waals surface area (Å²) < 4.78 is 23.6. The molecule has 0 aromatic heterocycles. The Morgan fingerprint density at radius 3 is 2.62 bits per heavy atom. The zero-order valence-corrected chi connectivity index (χ0v) is 15.2. The Morgan fingerprint density at radius 1 is 1.23 bits per heavy atom. The molecule has 0 saturated heterocycles. The molecular formula is C19H19ClFNO4. The van der Waals surface area contributed by atoms with Gasteiger partial charge in [-0.15, -0.1) is 0 Å². The Bertz CT molecular complexity index is 797. The summed E-state index contributed by atoms with van der Waals surface area (Å²) in [7, 11) is 1.49. The lowest BCUT2D eigenvalue weighted by Crippen LogP contribution is -2.30. The van der Waals surface area contributed by atoms with Gasteiger partial charge in [0.05, 0.1) is 12.1 Å². The minimum atomic E-state index is -0.996. The minimum absolute atomic E-state index is 0.0209. The second kappa shape index (κ2) is 9.20. The van der Waals surface area contributed by atoms with E-state index in [0.29, 0.717) is 22.0 Å². The number of esters is 1. The highest BCUT2D eigenvalue weighted by Crippen LogP contribution is 2.27. The first-order valence-corrected chi connectivity index (χ1v) is 8.35. The van der Waals surface area contributed by atoms with Crippen molar-refractivity contribution in [1.29, 1.82) is 0 Å². The molecule has 2 rings (SSSR count). The molecule has 0 radical (unpaired) electrons. The molecule has 0 fully saturated rings. The summed E-state index contributed by atoms with van der Waals surface area (Å²) in [6.07, 6.45) is -0.815. The molecule has 0 heterocycles. The number of anilines is 1. The Hall–Kier alpha value is -2.60. The van der Waals surface area contributed by atoms with Crippen LogP contribution in [0.4, 0.5) is 10.1 Å². The predicted octanol–water partition coefficient (Wildman–Crippen LogP) is 3.99. The van der Waals surface area contributed by atoms with Crippen molar-refractivity contribution in [3.05, 3.63) is 58.9 Å². The van der Waals surface area contributed by atoms with Gasteiger partial charge in [-0.2, -0.15) is 0 Å². The fourth-order valence-electron chi connectivity index (χ4n) is 2.24. The third kappa shape index (κ3) is 5.46. The number of carbonyl (C=O) groups excluding carboxylic acids is 2. The SMILES string of the molecule is COc1ccc(NC(=O)[C@@H](C)OC(=O)CCc2ccccc2F)cc1Cl. The number of aryl methyl sites for hydroxylation is 1. The average molecular weight is 380 g/mol. The van der Waals surface area contributed by atoms with E-state index in [1.54, 1.807) is 30.3 Å². The van der Waals surface area contributed by atoms with E-state index in [1.807, 2.05) is 0 Å². The molecule has 5 nitrogen and oxygen atoms in total. The molecule has 2 aromatic rings. The zero-order valence-electron chi connectivity index (χ0n) is 14.4. The largest absolute Gasteiger partial charge is 0.495 e. The van der Waals surface area contributed by atoms with Crippen LogP contribution in [-0.4, -0.2) is 25.1 Å². The normalized spacial score (nSPS) is 11.5. The Morgan fingerprint density at radius 2 is 1.96 bits per heavy atom. The van der Waals surface area contributed by atoms with E-state index in [9.17, 15) is 14.0 Å². The van der Waals surface area contributed by atoms with E-state index in [4.69, 9.17) is 21.1 Å². The molecule has 0 aliphatic carbocycles. The first-order valence-electron chi connectivity index (χ1n) is 7.98. The number of hydrogen-bond donors (Lipinski definition) is 1. The molecule has 0 bridgehead atoms. The van der Waals surface area contributed by atoms with Gasteiger partial charge in [0.25, 0.3) is 5.91 Å². The van der Waals surface area contributed by atoms with Gasteiger partial charge >= 0.3 is 5.97 Å². The van der Waals surface area contributed by atoms with Crippen molar-refractivity contribution in [1.82, 2.24) is 0 Å². The molecule has 7 heteroatoms. The lowest BCUT2D eigenvalue weighted by atomic mass is 10.1. The quantitative estimate of drug-likeness (QED) is 0.739. The maximum absolute atomic E-state index is 13.5. The van der Waals surface area contributed by atoms with E-state index in [0.717, 1.165) is 0 Å². The molecule has 1 amide bonds. The maximum Gasteiger partial charge on any atom is 0.306 e. The van der Waals surface area contributed by atoms with Crippen molar-refractivity contribution in [2.24, 2.45) is 0 Å². The Kier molecular flexibility index (Phi) is 6.97. The van der Waals surface area contributed by atoms with Gasteiger partial charge in [0.1, 0.15) is 11.6 Å².